The lowest BCUT2D eigenvalue weighted by Gasteiger charge is -2.21. The second-order valence-electron chi connectivity index (χ2n) is 5.37. The van der Waals surface area contributed by atoms with E-state index in [1.165, 1.54) is 0 Å². The average molecular weight is 271 g/mol. The lowest BCUT2D eigenvalue weighted by Crippen LogP contribution is -2.15. The third kappa shape index (κ3) is 3.91. The van der Waals surface area contributed by atoms with E-state index in [1.807, 2.05) is 25.3 Å². The number of hydrogen-bond donors (Lipinski definition) is 2. The second kappa shape index (κ2) is 6.32. The zero-order chi connectivity index (χ0) is 14.5. The Morgan fingerprint density at radius 3 is 2.70 bits per heavy atom. The minimum absolute atomic E-state index is 0.164. The molecule has 2 aromatic rings. The molecule has 106 valence electrons. The molecule has 2 aromatic heterocycles. The maximum absolute atomic E-state index is 5.70. The van der Waals surface area contributed by atoms with E-state index in [2.05, 4.69) is 40.2 Å². The zero-order valence-corrected chi connectivity index (χ0v) is 12.2. The zero-order valence-electron chi connectivity index (χ0n) is 12.2. The monoisotopic (exact) mass is 271 g/mol. The molecule has 0 saturated heterocycles. The van der Waals surface area contributed by atoms with Gasteiger partial charge in [-0.1, -0.05) is 19.9 Å². The van der Waals surface area contributed by atoms with Gasteiger partial charge >= 0.3 is 0 Å². The molecule has 0 unspecified atom stereocenters. The first-order chi connectivity index (χ1) is 9.54. The number of nitrogen functional groups attached to an aromatic ring is 1. The lowest BCUT2D eigenvalue weighted by atomic mass is 9.98. The molecular weight excluding hydrogens is 250 g/mol. The molecular formula is C15H21N5. The van der Waals surface area contributed by atoms with Gasteiger partial charge < -0.3 is 11.1 Å². The van der Waals surface area contributed by atoms with Crippen molar-refractivity contribution in [2.75, 3.05) is 11.1 Å². The van der Waals surface area contributed by atoms with Crippen LogP contribution in [-0.2, 0) is 0 Å². The van der Waals surface area contributed by atoms with Crippen molar-refractivity contribution in [2.24, 2.45) is 5.92 Å². The van der Waals surface area contributed by atoms with Gasteiger partial charge in [-0.05, 0) is 30.9 Å². The molecule has 0 aromatic carbocycles. The Hall–Kier alpha value is -2.17. The molecule has 5 nitrogen and oxygen atoms in total. The average Bonchev–Trinajstić information content (AvgIpc) is 2.37. The van der Waals surface area contributed by atoms with Gasteiger partial charge in [0.2, 0.25) is 5.95 Å². The van der Waals surface area contributed by atoms with E-state index >= 15 is 0 Å². The van der Waals surface area contributed by atoms with Crippen molar-refractivity contribution in [1.82, 2.24) is 15.0 Å². The molecule has 0 saturated carbocycles. The summed E-state index contributed by atoms with van der Waals surface area (Å²) >= 11 is 0. The Kier molecular flexibility index (Phi) is 4.50. The van der Waals surface area contributed by atoms with Crippen molar-refractivity contribution in [2.45, 2.75) is 33.2 Å². The normalized spacial score (nSPS) is 12.4. The standard InChI is InChI=1S/C15H21N5/c1-10(2)7-13(12-5-4-6-17-9-12)19-14-8-11(3)18-15(16)20-14/h4-6,8-10,13H,7H2,1-3H3,(H3,16,18,19,20)/t13-/m0/s1. The van der Waals surface area contributed by atoms with Crippen LogP contribution in [0, 0.1) is 12.8 Å². The van der Waals surface area contributed by atoms with Crippen LogP contribution in [0.25, 0.3) is 0 Å². The van der Waals surface area contributed by atoms with Gasteiger partial charge in [-0.2, -0.15) is 4.98 Å². The Balaban J connectivity index is 2.23. The third-order valence-corrected chi connectivity index (χ3v) is 2.99. The fourth-order valence-electron chi connectivity index (χ4n) is 2.18. The van der Waals surface area contributed by atoms with Gasteiger partial charge in [0, 0.05) is 24.2 Å². The third-order valence-electron chi connectivity index (χ3n) is 2.99. The molecule has 0 aliphatic carbocycles. The molecule has 0 spiro atoms. The van der Waals surface area contributed by atoms with Gasteiger partial charge in [0.05, 0.1) is 6.04 Å². The Labute approximate surface area is 119 Å². The van der Waals surface area contributed by atoms with Crippen LogP contribution in [0.2, 0.25) is 0 Å². The number of nitrogens with one attached hydrogen (secondary N) is 1. The second-order valence-corrected chi connectivity index (χ2v) is 5.37. The fraction of sp³-hybridized carbons (Fsp3) is 0.400. The van der Waals surface area contributed by atoms with Gasteiger partial charge in [0.15, 0.2) is 0 Å². The van der Waals surface area contributed by atoms with Crippen LogP contribution in [0.1, 0.15) is 37.6 Å². The summed E-state index contributed by atoms with van der Waals surface area (Å²) in [6.07, 6.45) is 4.66. The smallest absolute Gasteiger partial charge is 0.222 e. The molecule has 0 radical (unpaired) electrons. The van der Waals surface area contributed by atoms with E-state index in [4.69, 9.17) is 5.73 Å². The largest absolute Gasteiger partial charge is 0.368 e. The highest BCUT2D eigenvalue weighted by atomic mass is 15.1. The molecule has 20 heavy (non-hydrogen) atoms. The van der Waals surface area contributed by atoms with Gasteiger partial charge in [-0.15, -0.1) is 0 Å². The molecule has 2 heterocycles. The number of nitrogens with two attached hydrogens (primary N) is 1. The first-order valence-electron chi connectivity index (χ1n) is 6.82. The summed E-state index contributed by atoms with van der Waals surface area (Å²) < 4.78 is 0. The minimum atomic E-state index is 0.164. The summed E-state index contributed by atoms with van der Waals surface area (Å²) in [5.41, 5.74) is 7.71. The van der Waals surface area contributed by atoms with Crippen LogP contribution < -0.4 is 11.1 Å². The predicted octanol–water partition coefficient (Wildman–Crippen LogP) is 2.96. The van der Waals surface area contributed by atoms with Crippen molar-refractivity contribution < 1.29 is 0 Å². The van der Waals surface area contributed by atoms with E-state index in [1.54, 1.807) is 6.20 Å². The molecule has 0 amide bonds. The highest BCUT2D eigenvalue weighted by molar-refractivity contribution is 5.42. The quantitative estimate of drug-likeness (QED) is 0.874. The Morgan fingerprint density at radius 2 is 2.10 bits per heavy atom. The van der Waals surface area contributed by atoms with Crippen molar-refractivity contribution in [1.29, 1.82) is 0 Å². The fourth-order valence-corrected chi connectivity index (χ4v) is 2.18. The summed E-state index contributed by atoms with van der Waals surface area (Å²) in [6, 6.07) is 6.09. The first kappa shape index (κ1) is 14.2. The maximum Gasteiger partial charge on any atom is 0.222 e. The maximum atomic E-state index is 5.70. The van der Waals surface area contributed by atoms with Crippen molar-refractivity contribution >= 4 is 11.8 Å². The van der Waals surface area contributed by atoms with Gasteiger partial charge in [0.25, 0.3) is 0 Å². The highest BCUT2D eigenvalue weighted by Gasteiger charge is 2.14. The van der Waals surface area contributed by atoms with E-state index in [0.717, 1.165) is 23.5 Å². The number of anilines is 2. The number of hydrogen-bond acceptors (Lipinski definition) is 5. The SMILES string of the molecule is Cc1cc(N[C@@H](CC(C)C)c2cccnc2)nc(N)n1. The highest BCUT2D eigenvalue weighted by Crippen LogP contribution is 2.25. The molecule has 0 aliphatic heterocycles. The van der Waals surface area contributed by atoms with Crippen molar-refractivity contribution in [3.8, 4) is 0 Å². The van der Waals surface area contributed by atoms with E-state index in [9.17, 15) is 0 Å². The van der Waals surface area contributed by atoms with Crippen LogP contribution >= 0.6 is 0 Å². The summed E-state index contributed by atoms with van der Waals surface area (Å²) in [5, 5.41) is 3.44. The Morgan fingerprint density at radius 1 is 1.30 bits per heavy atom. The number of pyridine rings is 1. The van der Waals surface area contributed by atoms with E-state index in [0.29, 0.717) is 11.9 Å². The minimum Gasteiger partial charge on any atom is -0.368 e. The van der Waals surface area contributed by atoms with Crippen molar-refractivity contribution in [3.05, 3.63) is 41.9 Å². The number of rotatable bonds is 5. The number of nitrogens with zero attached hydrogens (tertiary/aromatic N) is 3. The molecule has 0 aliphatic rings. The molecule has 0 fully saturated rings. The van der Waals surface area contributed by atoms with Crippen LogP contribution in [0.15, 0.2) is 30.6 Å². The summed E-state index contributed by atoms with van der Waals surface area (Å²) in [7, 11) is 0. The molecule has 0 bridgehead atoms. The molecule has 1 atom stereocenters. The van der Waals surface area contributed by atoms with Crippen LogP contribution in [0.3, 0.4) is 0 Å². The molecule has 5 heteroatoms. The van der Waals surface area contributed by atoms with E-state index in [-0.39, 0.29) is 6.04 Å². The summed E-state index contributed by atoms with van der Waals surface area (Å²) in [6.45, 7) is 6.31. The van der Waals surface area contributed by atoms with Crippen LogP contribution in [0.4, 0.5) is 11.8 Å². The predicted molar refractivity (Wildman–Crippen MR) is 81.2 cm³/mol. The van der Waals surface area contributed by atoms with Crippen LogP contribution in [0.5, 0.6) is 0 Å². The summed E-state index contributed by atoms with van der Waals surface area (Å²) in [4.78, 5) is 12.5. The van der Waals surface area contributed by atoms with E-state index < -0.39 is 0 Å². The first-order valence-corrected chi connectivity index (χ1v) is 6.82. The van der Waals surface area contributed by atoms with Crippen molar-refractivity contribution in [3.63, 3.8) is 0 Å². The Bertz CT molecular complexity index is 533. The van der Waals surface area contributed by atoms with Gasteiger partial charge in [0.1, 0.15) is 5.82 Å². The number of aromatic nitrogens is 3. The molecule has 2 rings (SSSR count). The van der Waals surface area contributed by atoms with Gasteiger partial charge in [-0.3, -0.25) is 4.98 Å². The van der Waals surface area contributed by atoms with Gasteiger partial charge in [-0.25, -0.2) is 4.98 Å². The molecule has 3 N–H and O–H groups in total. The van der Waals surface area contributed by atoms with Crippen LogP contribution in [-0.4, -0.2) is 15.0 Å². The lowest BCUT2D eigenvalue weighted by molar-refractivity contribution is 0.529. The summed E-state index contributed by atoms with van der Waals surface area (Å²) in [5.74, 6) is 1.61. The number of aryl methyl sites for hydroxylation is 1. The topological polar surface area (TPSA) is 76.7 Å².